The van der Waals surface area contributed by atoms with Crippen LogP contribution in [0.4, 0.5) is 5.69 Å². The molecule has 0 aromatic heterocycles. The van der Waals surface area contributed by atoms with Gasteiger partial charge in [-0.3, -0.25) is 4.79 Å². The molecule has 0 saturated carbocycles. The van der Waals surface area contributed by atoms with E-state index in [0.29, 0.717) is 23.1 Å². The number of hydrogen-bond acceptors (Lipinski definition) is 2. The second kappa shape index (κ2) is 8.34. The zero-order valence-corrected chi connectivity index (χ0v) is 16.3. The maximum Gasteiger partial charge on any atom is 0.247 e. The van der Waals surface area contributed by atoms with Crippen molar-refractivity contribution in [2.45, 2.75) is 53.5 Å². The number of amides is 1. The maximum absolute atomic E-state index is 12.6. The number of benzene rings is 1. The van der Waals surface area contributed by atoms with Crippen LogP contribution in [0.5, 0.6) is 0 Å². The van der Waals surface area contributed by atoms with E-state index in [0.717, 1.165) is 17.7 Å². The van der Waals surface area contributed by atoms with Gasteiger partial charge >= 0.3 is 0 Å². The molecule has 0 bridgehead atoms. The number of amidine groups is 1. The molecule has 4 nitrogen and oxygen atoms in total. The van der Waals surface area contributed by atoms with E-state index in [1.807, 2.05) is 69.9 Å². The van der Waals surface area contributed by atoms with Crippen molar-refractivity contribution >= 4 is 29.0 Å². The summed E-state index contributed by atoms with van der Waals surface area (Å²) in [5.41, 5.74) is 3.79. The van der Waals surface area contributed by atoms with Crippen molar-refractivity contribution in [1.82, 2.24) is 5.32 Å². The Morgan fingerprint density at radius 2 is 1.96 bits per heavy atom. The van der Waals surface area contributed by atoms with Gasteiger partial charge in [0.1, 0.15) is 11.2 Å². The Balaban J connectivity index is 2.65. The highest BCUT2D eigenvalue weighted by Gasteiger charge is 2.35. The molecular weight excluding hydrogens is 334 g/mol. The topological polar surface area (TPSA) is 44.7 Å². The fourth-order valence-electron chi connectivity index (χ4n) is 2.69. The monoisotopic (exact) mass is 359 g/mol. The van der Waals surface area contributed by atoms with Crippen LogP contribution in [0.3, 0.4) is 0 Å². The van der Waals surface area contributed by atoms with Gasteiger partial charge in [0.2, 0.25) is 5.91 Å². The molecule has 134 valence electrons. The van der Waals surface area contributed by atoms with E-state index in [2.05, 4.69) is 10.3 Å². The third-order valence-corrected chi connectivity index (χ3v) is 4.82. The summed E-state index contributed by atoms with van der Waals surface area (Å²) in [6.45, 7) is 9.94. The number of allylic oxidation sites excluding steroid dienone is 2. The lowest BCUT2D eigenvalue weighted by Crippen LogP contribution is -2.57. The first-order chi connectivity index (χ1) is 11.9. The van der Waals surface area contributed by atoms with Crippen molar-refractivity contribution < 1.29 is 4.79 Å². The molecule has 1 aromatic carbocycles. The van der Waals surface area contributed by atoms with Crippen LogP contribution >= 0.6 is 11.6 Å². The van der Waals surface area contributed by atoms with Crippen LogP contribution in [0.15, 0.2) is 51.8 Å². The van der Waals surface area contributed by atoms with E-state index in [4.69, 9.17) is 11.6 Å². The minimum absolute atomic E-state index is 0.0255. The molecule has 1 heterocycles. The minimum Gasteiger partial charge on any atom is -0.321 e. The number of carbonyl (C=O) groups is 1. The van der Waals surface area contributed by atoms with Crippen LogP contribution < -0.4 is 10.2 Å². The normalized spacial score (nSPS) is 22.2. The van der Waals surface area contributed by atoms with Gasteiger partial charge in [0.15, 0.2) is 5.84 Å². The number of rotatable bonds is 4. The van der Waals surface area contributed by atoms with E-state index in [1.54, 1.807) is 0 Å². The predicted octanol–water partition coefficient (Wildman–Crippen LogP) is 4.89. The molecule has 1 unspecified atom stereocenters. The van der Waals surface area contributed by atoms with Gasteiger partial charge in [0, 0.05) is 5.69 Å². The van der Waals surface area contributed by atoms with Crippen molar-refractivity contribution in [2.24, 2.45) is 4.99 Å². The number of nitrogens with zero attached hydrogens (tertiary/aromatic N) is 2. The van der Waals surface area contributed by atoms with Gasteiger partial charge in [0.25, 0.3) is 0 Å². The molecule has 1 fully saturated rings. The summed E-state index contributed by atoms with van der Waals surface area (Å²) >= 11 is 6.42. The van der Waals surface area contributed by atoms with Crippen LogP contribution in [0.2, 0.25) is 0 Å². The van der Waals surface area contributed by atoms with Crippen LogP contribution in [-0.2, 0) is 4.79 Å². The number of nitrogens with one attached hydrogen (secondary N) is 1. The molecule has 1 saturated heterocycles. The average molecular weight is 360 g/mol. The van der Waals surface area contributed by atoms with E-state index in [-0.39, 0.29) is 11.9 Å². The number of piperazine rings is 1. The summed E-state index contributed by atoms with van der Waals surface area (Å²) in [4.78, 5) is 19.2. The molecular formula is C20H26ClN3O. The summed E-state index contributed by atoms with van der Waals surface area (Å²) in [5, 5.41) is 3.43. The number of anilines is 1. The predicted molar refractivity (Wildman–Crippen MR) is 106 cm³/mol. The Bertz CT molecular complexity index is 732. The second-order valence-electron chi connectivity index (χ2n) is 6.18. The Morgan fingerprint density at radius 3 is 2.48 bits per heavy atom. The fourth-order valence-corrected chi connectivity index (χ4v) is 2.91. The minimum atomic E-state index is -0.323. The summed E-state index contributed by atoms with van der Waals surface area (Å²) in [6.07, 6.45) is 3.36. The number of aryl methyl sites for hydroxylation is 1. The van der Waals surface area contributed by atoms with Gasteiger partial charge in [-0.25, -0.2) is 4.99 Å². The van der Waals surface area contributed by atoms with Gasteiger partial charge in [-0.15, -0.1) is 0 Å². The number of aliphatic imine (C=N–C) groups is 1. The Labute approximate surface area is 155 Å². The first-order valence-corrected chi connectivity index (χ1v) is 9.08. The lowest BCUT2D eigenvalue weighted by atomic mass is 10.0. The molecule has 1 N–H and O–H groups in total. The number of halogens is 1. The summed E-state index contributed by atoms with van der Waals surface area (Å²) in [5.74, 6) is 0.651. The Kier molecular flexibility index (Phi) is 6.43. The largest absolute Gasteiger partial charge is 0.321 e. The molecule has 2 rings (SSSR count). The fraction of sp³-hybridized carbons (Fsp3) is 0.400. The maximum atomic E-state index is 12.6. The van der Waals surface area contributed by atoms with Crippen molar-refractivity contribution in [3.8, 4) is 0 Å². The van der Waals surface area contributed by atoms with Crippen molar-refractivity contribution in [3.63, 3.8) is 0 Å². The first-order valence-electron chi connectivity index (χ1n) is 8.70. The first kappa shape index (κ1) is 19.3. The third-order valence-electron chi connectivity index (χ3n) is 4.42. The van der Waals surface area contributed by atoms with E-state index in [1.165, 1.54) is 5.56 Å². The van der Waals surface area contributed by atoms with Crippen LogP contribution in [0.25, 0.3) is 0 Å². The third kappa shape index (κ3) is 4.13. The van der Waals surface area contributed by atoms with Gasteiger partial charge in [-0.2, -0.15) is 0 Å². The molecule has 25 heavy (non-hydrogen) atoms. The highest BCUT2D eigenvalue weighted by Crippen LogP contribution is 2.27. The quantitative estimate of drug-likeness (QED) is 0.777. The molecule has 5 heteroatoms. The van der Waals surface area contributed by atoms with Crippen LogP contribution in [0, 0.1) is 6.92 Å². The summed E-state index contributed by atoms with van der Waals surface area (Å²) in [6, 6.07) is 7.79. The highest BCUT2D eigenvalue weighted by atomic mass is 35.5. The Morgan fingerprint density at radius 1 is 1.32 bits per heavy atom. The second-order valence-corrected chi connectivity index (χ2v) is 6.54. The van der Waals surface area contributed by atoms with Crippen molar-refractivity contribution in [2.75, 3.05) is 4.90 Å². The van der Waals surface area contributed by atoms with Crippen LogP contribution in [-0.4, -0.2) is 17.8 Å². The lowest BCUT2D eigenvalue weighted by Gasteiger charge is -2.38. The summed E-state index contributed by atoms with van der Waals surface area (Å²) in [7, 11) is 0. The summed E-state index contributed by atoms with van der Waals surface area (Å²) < 4.78 is 0. The molecule has 1 amide bonds. The van der Waals surface area contributed by atoms with Gasteiger partial charge in [0.05, 0.1) is 5.70 Å². The van der Waals surface area contributed by atoms with Crippen LogP contribution in [0.1, 0.15) is 46.1 Å². The zero-order valence-electron chi connectivity index (χ0n) is 15.6. The standard InChI is InChI=1S/C20H26ClN3O/c1-6-14(5)18(21)23-19-16(7-2)22-20(25)17(8-3)24(19)15-11-9-13(4)10-12-15/h7,9-12,17H,6,8H2,1-5H3,(H,22,25). The zero-order chi connectivity index (χ0) is 18.6. The molecule has 0 radical (unpaired) electrons. The van der Waals surface area contributed by atoms with E-state index in [9.17, 15) is 4.79 Å². The number of hydrogen-bond donors (Lipinski definition) is 1. The molecule has 1 aliphatic rings. The Hall–Kier alpha value is -2.07. The molecule has 1 aliphatic heterocycles. The smallest absolute Gasteiger partial charge is 0.247 e. The van der Waals surface area contributed by atoms with E-state index >= 15 is 0 Å². The molecule has 0 aliphatic carbocycles. The van der Waals surface area contributed by atoms with E-state index < -0.39 is 0 Å². The van der Waals surface area contributed by atoms with Crippen molar-refractivity contribution in [1.29, 1.82) is 0 Å². The highest BCUT2D eigenvalue weighted by molar-refractivity contribution is 6.31. The molecule has 1 aromatic rings. The van der Waals surface area contributed by atoms with Gasteiger partial charge < -0.3 is 10.2 Å². The van der Waals surface area contributed by atoms with Gasteiger partial charge in [-0.05, 0) is 51.3 Å². The van der Waals surface area contributed by atoms with Gasteiger partial charge in [-0.1, -0.05) is 49.2 Å². The SMILES string of the molecule is CC=C1NC(=O)C(CC)N(c2ccc(C)cc2)C1=NC(Cl)=C(C)CC. The number of carbonyl (C=O) groups excluding carboxylic acids is 1. The van der Waals surface area contributed by atoms with Crippen molar-refractivity contribution in [3.05, 3.63) is 52.3 Å². The average Bonchev–Trinajstić information content (AvgIpc) is 2.62. The molecule has 1 atom stereocenters. The lowest BCUT2D eigenvalue weighted by molar-refractivity contribution is -0.121. The molecule has 0 spiro atoms.